The maximum Gasteiger partial charge on any atom is 0.0530 e. The molecule has 1 aliphatic rings. The van der Waals surface area contributed by atoms with Crippen molar-refractivity contribution in [3.05, 3.63) is 7.05 Å². The Morgan fingerprint density at radius 1 is 1.00 bits per heavy atom. The van der Waals surface area contributed by atoms with Crippen molar-refractivity contribution in [3.63, 3.8) is 0 Å². The SMILES string of the molecule is [CH2-][NH+]1CCCCC1. The molecule has 1 saturated heterocycles. The van der Waals surface area contributed by atoms with Gasteiger partial charge in [0.15, 0.2) is 0 Å². The van der Waals surface area contributed by atoms with Crippen LogP contribution in [0.2, 0.25) is 0 Å². The molecule has 0 bridgehead atoms. The number of nitrogens with one attached hydrogen (secondary N) is 1. The first-order valence-electron chi connectivity index (χ1n) is 3.06. The van der Waals surface area contributed by atoms with E-state index in [1.807, 2.05) is 0 Å². The summed E-state index contributed by atoms with van der Waals surface area (Å²) in [6, 6.07) is 0. The van der Waals surface area contributed by atoms with E-state index in [0.29, 0.717) is 0 Å². The van der Waals surface area contributed by atoms with Gasteiger partial charge in [-0.25, -0.2) is 0 Å². The summed E-state index contributed by atoms with van der Waals surface area (Å²) >= 11 is 0. The maximum atomic E-state index is 3.91. The summed E-state index contributed by atoms with van der Waals surface area (Å²) in [6.07, 6.45) is 4.21. The molecular weight excluding hydrogens is 86.1 g/mol. The zero-order chi connectivity index (χ0) is 5.11. The predicted molar refractivity (Wildman–Crippen MR) is 29.9 cm³/mol. The van der Waals surface area contributed by atoms with Crippen molar-refractivity contribution in [2.45, 2.75) is 19.3 Å². The summed E-state index contributed by atoms with van der Waals surface area (Å²) in [5, 5.41) is 0. The van der Waals surface area contributed by atoms with Crippen LogP contribution < -0.4 is 4.90 Å². The van der Waals surface area contributed by atoms with Crippen LogP contribution in [0.15, 0.2) is 0 Å². The summed E-state index contributed by atoms with van der Waals surface area (Å²) in [6.45, 7) is 2.58. The van der Waals surface area contributed by atoms with Gasteiger partial charge in [-0.3, -0.25) is 0 Å². The van der Waals surface area contributed by atoms with E-state index >= 15 is 0 Å². The van der Waals surface area contributed by atoms with Crippen LogP contribution in [-0.4, -0.2) is 13.1 Å². The molecule has 0 aromatic rings. The predicted octanol–water partition coefficient (Wildman–Crippen LogP) is -0.153. The molecule has 0 amide bonds. The van der Waals surface area contributed by atoms with Gasteiger partial charge in [0.05, 0.1) is 13.1 Å². The van der Waals surface area contributed by atoms with Crippen molar-refractivity contribution in [1.29, 1.82) is 0 Å². The maximum absolute atomic E-state index is 3.91. The standard InChI is InChI=1S/C6H13N/c1-7-5-3-2-4-6-7/h7H,1-6H2. The third kappa shape index (κ3) is 1.48. The van der Waals surface area contributed by atoms with E-state index in [1.165, 1.54) is 37.3 Å². The van der Waals surface area contributed by atoms with E-state index in [-0.39, 0.29) is 0 Å². The van der Waals surface area contributed by atoms with Crippen LogP contribution in [0.4, 0.5) is 0 Å². The quantitative estimate of drug-likeness (QED) is 0.403. The fraction of sp³-hybridized carbons (Fsp3) is 0.833. The molecule has 1 nitrogen and oxygen atoms in total. The molecule has 0 spiro atoms. The molecule has 0 unspecified atom stereocenters. The van der Waals surface area contributed by atoms with Crippen LogP contribution in [0.25, 0.3) is 0 Å². The topological polar surface area (TPSA) is 4.44 Å². The Kier molecular flexibility index (Phi) is 1.69. The fourth-order valence-corrected chi connectivity index (χ4v) is 1.05. The van der Waals surface area contributed by atoms with Gasteiger partial charge in [0.2, 0.25) is 0 Å². The van der Waals surface area contributed by atoms with Gasteiger partial charge in [-0.1, -0.05) is 0 Å². The first kappa shape index (κ1) is 5.10. The molecule has 1 N–H and O–H groups in total. The smallest absolute Gasteiger partial charge is 0.0530 e. The summed E-state index contributed by atoms with van der Waals surface area (Å²) in [7, 11) is 3.91. The van der Waals surface area contributed by atoms with E-state index in [0.717, 1.165) is 0 Å². The number of likely N-dealkylation sites (tertiary alicyclic amines) is 1. The van der Waals surface area contributed by atoms with Gasteiger partial charge >= 0.3 is 0 Å². The van der Waals surface area contributed by atoms with Crippen molar-refractivity contribution < 1.29 is 4.90 Å². The monoisotopic (exact) mass is 99.1 g/mol. The highest BCUT2D eigenvalue weighted by Gasteiger charge is 2.01. The minimum Gasteiger partial charge on any atom is -0.468 e. The number of quaternary nitrogens is 1. The van der Waals surface area contributed by atoms with Crippen LogP contribution in [0.5, 0.6) is 0 Å². The highest BCUT2D eigenvalue weighted by Crippen LogP contribution is 1.93. The molecule has 0 radical (unpaired) electrons. The Morgan fingerprint density at radius 2 is 1.57 bits per heavy atom. The van der Waals surface area contributed by atoms with Crippen LogP contribution in [0, 0.1) is 7.05 Å². The Morgan fingerprint density at radius 3 is 1.86 bits per heavy atom. The molecule has 1 heteroatoms. The second-order valence-corrected chi connectivity index (χ2v) is 2.31. The van der Waals surface area contributed by atoms with E-state index in [2.05, 4.69) is 7.05 Å². The second kappa shape index (κ2) is 2.31. The summed E-state index contributed by atoms with van der Waals surface area (Å²) < 4.78 is 0. The normalized spacial score (nSPS) is 25.3. The molecule has 1 heterocycles. The fourth-order valence-electron chi connectivity index (χ4n) is 1.05. The third-order valence-corrected chi connectivity index (χ3v) is 1.56. The molecule has 42 valence electrons. The van der Waals surface area contributed by atoms with Gasteiger partial charge in [-0.05, 0) is 19.3 Å². The molecule has 1 fully saturated rings. The Bertz CT molecular complexity index is 46.1. The lowest BCUT2D eigenvalue weighted by Gasteiger charge is -2.24. The lowest BCUT2D eigenvalue weighted by atomic mass is 10.1. The average molecular weight is 99.2 g/mol. The lowest BCUT2D eigenvalue weighted by Crippen LogP contribution is -3.07. The lowest BCUT2D eigenvalue weighted by molar-refractivity contribution is -0.858. The molecular formula is C6H13N. The third-order valence-electron chi connectivity index (χ3n) is 1.56. The number of rotatable bonds is 0. The number of hydrogen-bond acceptors (Lipinski definition) is 0. The summed E-state index contributed by atoms with van der Waals surface area (Å²) in [4.78, 5) is 1.46. The largest absolute Gasteiger partial charge is 0.468 e. The van der Waals surface area contributed by atoms with E-state index < -0.39 is 0 Å². The van der Waals surface area contributed by atoms with Gasteiger partial charge in [-0.2, -0.15) is 7.05 Å². The van der Waals surface area contributed by atoms with Crippen LogP contribution in [0.1, 0.15) is 19.3 Å². The zero-order valence-electron chi connectivity index (χ0n) is 4.74. The second-order valence-electron chi connectivity index (χ2n) is 2.31. The minimum atomic E-state index is 1.29. The van der Waals surface area contributed by atoms with Gasteiger partial charge in [0.25, 0.3) is 0 Å². The molecule has 1 rings (SSSR count). The Balaban J connectivity index is 2.12. The van der Waals surface area contributed by atoms with E-state index in [4.69, 9.17) is 0 Å². The van der Waals surface area contributed by atoms with Gasteiger partial charge in [0.1, 0.15) is 0 Å². The molecule has 0 aliphatic carbocycles. The van der Waals surface area contributed by atoms with Gasteiger partial charge < -0.3 is 4.90 Å². The number of piperidine rings is 1. The molecule has 0 aromatic heterocycles. The van der Waals surface area contributed by atoms with Gasteiger partial charge in [0, 0.05) is 0 Å². The highest BCUT2D eigenvalue weighted by molar-refractivity contribution is 4.44. The molecule has 0 saturated carbocycles. The first-order valence-corrected chi connectivity index (χ1v) is 3.06. The Labute approximate surface area is 45.3 Å². The van der Waals surface area contributed by atoms with Crippen molar-refractivity contribution in [2.24, 2.45) is 0 Å². The zero-order valence-corrected chi connectivity index (χ0v) is 4.74. The average Bonchev–Trinajstić information content (AvgIpc) is 1.69. The highest BCUT2D eigenvalue weighted by atomic mass is 15.1. The van der Waals surface area contributed by atoms with Crippen molar-refractivity contribution in [1.82, 2.24) is 0 Å². The van der Waals surface area contributed by atoms with Crippen molar-refractivity contribution >= 4 is 0 Å². The summed E-state index contributed by atoms with van der Waals surface area (Å²) in [5.41, 5.74) is 0. The molecule has 0 atom stereocenters. The van der Waals surface area contributed by atoms with Crippen LogP contribution >= 0.6 is 0 Å². The molecule has 7 heavy (non-hydrogen) atoms. The van der Waals surface area contributed by atoms with Crippen molar-refractivity contribution in [3.8, 4) is 0 Å². The summed E-state index contributed by atoms with van der Waals surface area (Å²) in [5.74, 6) is 0. The molecule has 1 aliphatic heterocycles. The van der Waals surface area contributed by atoms with Crippen molar-refractivity contribution in [2.75, 3.05) is 13.1 Å². The van der Waals surface area contributed by atoms with Gasteiger partial charge in [-0.15, -0.1) is 0 Å². The van der Waals surface area contributed by atoms with Crippen LogP contribution in [-0.2, 0) is 0 Å². The minimum absolute atomic E-state index is 1.29. The van der Waals surface area contributed by atoms with Crippen LogP contribution in [0.3, 0.4) is 0 Å². The Hall–Kier alpha value is -0.0400. The molecule has 0 aromatic carbocycles. The number of hydrogen-bond donors (Lipinski definition) is 1. The van der Waals surface area contributed by atoms with E-state index in [1.54, 1.807) is 0 Å². The first-order chi connectivity index (χ1) is 3.39. The van der Waals surface area contributed by atoms with E-state index in [9.17, 15) is 0 Å².